The van der Waals surface area contributed by atoms with Gasteiger partial charge in [0.1, 0.15) is 0 Å². The van der Waals surface area contributed by atoms with Crippen molar-refractivity contribution >= 4 is 5.97 Å². The van der Waals surface area contributed by atoms with Gasteiger partial charge in [-0.05, 0) is 55.5 Å². The van der Waals surface area contributed by atoms with Gasteiger partial charge in [-0.25, -0.2) is 4.79 Å². The number of carbonyl (C=O) groups is 1. The van der Waals surface area contributed by atoms with Gasteiger partial charge in [-0.1, -0.05) is 26.0 Å². The first kappa shape index (κ1) is 14.1. The van der Waals surface area contributed by atoms with Gasteiger partial charge in [-0.3, -0.25) is 4.90 Å². The van der Waals surface area contributed by atoms with Crippen molar-refractivity contribution in [3.8, 4) is 0 Å². The van der Waals surface area contributed by atoms with Crippen molar-refractivity contribution in [1.82, 2.24) is 4.90 Å². The van der Waals surface area contributed by atoms with Gasteiger partial charge in [0, 0.05) is 6.54 Å². The summed E-state index contributed by atoms with van der Waals surface area (Å²) in [5, 5.41) is 9.02. The molecular weight excluding hydrogens is 238 g/mol. The minimum absolute atomic E-state index is 0.382. The third-order valence-electron chi connectivity index (χ3n) is 4.01. The summed E-state index contributed by atoms with van der Waals surface area (Å²) in [5.41, 5.74) is 1.92. The Bertz CT molecular complexity index is 454. The molecule has 0 aliphatic carbocycles. The van der Waals surface area contributed by atoms with E-state index >= 15 is 0 Å². The Hall–Kier alpha value is -1.35. The van der Waals surface area contributed by atoms with Gasteiger partial charge < -0.3 is 5.11 Å². The highest BCUT2D eigenvalue weighted by Crippen LogP contribution is 2.30. The maximum atomic E-state index is 11.0. The highest BCUT2D eigenvalue weighted by molar-refractivity contribution is 5.87. The van der Waals surface area contributed by atoms with Crippen molar-refractivity contribution in [2.75, 3.05) is 13.1 Å². The zero-order valence-corrected chi connectivity index (χ0v) is 11.9. The van der Waals surface area contributed by atoms with Gasteiger partial charge in [-0.15, -0.1) is 0 Å². The fourth-order valence-corrected chi connectivity index (χ4v) is 2.70. The summed E-state index contributed by atoms with van der Waals surface area (Å²) in [7, 11) is 0. The van der Waals surface area contributed by atoms with Crippen LogP contribution in [0.5, 0.6) is 0 Å². The second kappa shape index (κ2) is 5.74. The highest BCUT2D eigenvalue weighted by Gasteiger charge is 2.22. The van der Waals surface area contributed by atoms with Crippen LogP contribution in [0.1, 0.15) is 49.0 Å². The summed E-state index contributed by atoms with van der Waals surface area (Å²) >= 11 is 0. The molecule has 2 rings (SSSR count). The molecule has 0 bridgehead atoms. The van der Waals surface area contributed by atoms with Crippen molar-refractivity contribution in [3.63, 3.8) is 0 Å². The number of benzene rings is 1. The summed E-state index contributed by atoms with van der Waals surface area (Å²) in [4.78, 5) is 13.4. The molecule has 0 atom stereocenters. The SMILES string of the molecule is CC1(C)CCCN(Cc2cccc(C(=O)O)c2)CC1. The molecule has 0 unspecified atom stereocenters. The first-order chi connectivity index (χ1) is 8.96. The van der Waals surface area contributed by atoms with E-state index < -0.39 is 5.97 Å². The fourth-order valence-electron chi connectivity index (χ4n) is 2.70. The van der Waals surface area contributed by atoms with Crippen LogP contribution in [0, 0.1) is 5.41 Å². The Labute approximate surface area is 115 Å². The van der Waals surface area contributed by atoms with Gasteiger partial charge in [-0.2, -0.15) is 0 Å². The monoisotopic (exact) mass is 261 g/mol. The van der Waals surface area contributed by atoms with E-state index in [0.717, 1.165) is 25.2 Å². The second-order valence-electron chi connectivity index (χ2n) is 6.30. The number of nitrogens with zero attached hydrogens (tertiary/aromatic N) is 1. The molecule has 0 amide bonds. The summed E-state index contributed by atoms with van der Waals surface area (Å²) < 4.78 is 0. The topological polar surface area (TPSA) is 40.5 Å². The molecule has 1 N–H and O–H groups in total. The number of carboxylic acids is 1. The molecule has 3 heteroatoms. The standard InChI is InChI=1S/C16H23NO2/c1-16(2)7-4-9-17(10-8-16)12-13-5-3-6-14(11-13)15(18)19/h3,5-6,11H,4,7-10,12H2,1-2H3,(H,18,19). The lowest BCUT2D eigenvalue weighted by Crippen LogP contribution is -2.25. The van der Waals surface area contributed by atoms with E-state index in [1.165, 1.54) is 19.3 Å². The van der Waals surface area contributed by atoms with Crippen molar-refractivity contribution in [1.29, 1.82) is 0 Å². The lowest BCUT2D eigenvalue weighted by Gasteiger charge is -2.23. The molecular formula is C16H23NO2. The molecule has 19 heavy (non-hydrogen) atoms. The molecule has 1 aromatic carbocycles. The molecule has 1 aliphatic heterocycles. The van der Waals surface area contributed by atoms with Gasteiger partial charge in [0.15, 0.2) is 0 Å². The molecule has 1 saturated heterocycles. The van der Waals surface area contributed by atoms with E-state index in [-0.39, 0.29) is 0 Å². The number of carboxylic acid groups (broad SMARTS) is 1. The van der Waals surface area contributed by atoms with E-state index in [2.05, 4.69) is 18.7 Å². The van der Waals surface area contributed by atoms with Crippen LogP contribution in [0.25, 0.3) is 0 Å². The van der Waals surface area contributed by atoms with Crippen molar-refractivity contribution in [2.24, 2.45) is 5.41 Å². The predicted molar refractivity (Wildman–Crippen MR) is 76.3 cm³/mol. The molecule has 0 spiro atoms. The highest BCUT2D eigenvalue weighted by atomic mass is 16.4. The molecule has 104 valence electrons. The molecule has 1 aromatic rings. The maximum Gasteiger partial charge on any atom is 0.335 e. The molecule has 1 heterocycles. The minimum atomic E-state index is -0.848. The fraction of sp³-hybridized carbons (Fsp3) is 0.562. The quantitative estimate of drug-likeness (QED) is 0.906. The Morgan fingerprint density at radius 2 is 2.11 bits per heavy atom. The first-order valence-corrected chi connectivity index (χ1v) is 7.01. The molecule has 0 aromatic heterocycles. The summed E-state index contributed by atoms with van der Waals surface area (Å²) in [5.74, 6) is -0.848. The van der Waals surface area contributed by atoms with Crippen LogP contribution < -0.4 is 0 Å². The Morgan fingerprint density at radius 1 is 1.32 bits per heavy atom. The van der Waals surface area contributed by atoms with Crippen LogP contribution in [0.3, 0.4) is 0 Å². The van der Waals surface area contributed by atoms with Crippen molar-refractivity contribution < 1.29 is 9.90 Å². The lowest BCUT2D eigenvalue weighted by atomic mass is 9.85. The van der Waals surface area contributed by atoms with Crippen molar-refractivity contribution in [2.45, 2.75) is 39.7 Å². The second-order valence-corrected chi connectivity index (χ2v) is 6.30. The lowest BCUT2D eigenvalue weighted by molar-refractivity contribution is 0.0696. The van der Waals surface area contributed by atoms with Crippen LogP contribution in [0.15, 0.2) is 24.3 Å². The third kappa shape index (κ3) is 4.06. The van der Waals surface area contributed by atoms with Crippen LogP contribution in [-0.2, 0) is 6.54 Å². The van der Waals surface area contributed by atoms with E-state index in [1.807, 2.05) is 12.1 Å². The van der Waals surface area contributed by atoms with E-state index in [4.69, 9.17) is 5.11 Å². The Balaban J connectivity index is 2.01. The van der Waals surface area contributed by atoms with Crippen LogP contribution in [0.4, 0.5) is 0 Å². The molecule has 0 radical (unpaired) electrons. The largest absolute Gasteiger partial charge is 0.478 e. The first-order valence-electron chi connectivity index (χ1n) is 7.01. The molecule has 1 fully saturated rings. The van der Waals surface area contributed by atoms with Crippen LogP contribution >= 0.6 is 0 Å². The number of rotatable bonds is 3. The summed E-state index contributed by atoms with van der Waals surface area (Å²) in [6.45, 7) is 7.74. The smallest absolute Gasteiger partial charge is 0.335 e. The summed E-state index contributed by atoms with van der Waals surface area (Å²) in [6, 6.07) is 7.29. The van der Waals surface area contributed by atoms with Crippen LogP contribution in [-0.4, -0.2) is 29.1 Å². The average molecular weight is 261 g/mol. The predicted octanol–water partition coefficient (Wildman–Crippen LogP) is 3.40. The van der Waals surface area contributed by atoms with E-state index in [0.29, 0.717) is 11.0 Å². The maximum absolute atomic E-state index is 11.0. The third-order valence-corrected chi connectivity index (χ3v) is 4.01. The molecule has 3 nitrogen and oxygen atoms in total. The number of hydrogen-bond acceptors (Lipinski definition) is 2. The normalized spacial score (nSPS) is 19.9. The number of hydrogen-bond donors (Lipinski definition) is 1. The zero-order valence-electron chi connectivity index (χ0n) is 11.9. The van der Waals surface area contributed by atoms with Gasteiger partial charge in [0.05, 0.1) is 5.56 Å². The van der Waals surface area contributed by atoms with Gasteiger partial charge >= 0.3 is 5.97 Å². The van der Waals surface area contributed by atoms with E-state index in [1.54, 1.807) is 12.1 Å². The van der Waals surface area contributed by atoms with Gasteiger partial charge in [0.2, 0.25) is 0 Å². The van der Waals surface area contributed by atoms with Crippen LogP contribution in [0.2, 0.25) is 0 Å². The Morgan fingerprint density at radius 3 is 2.84 bits per heavy atom. The van der Waals surface area contributed by atoms with E-state index in [9.17, 15) is 4.79 Å². The molecule has 1 aliphatic rings. The molecule has 0 saturated carbocycles. The summed E-state index contributed by atoms with van der Waals surface area (Å²) in [6.07, 6.45) is 3.72. The number of aromatic carboxylic acids is 1. The number of likely N-dealkylation sites (tertiary alicyclic amines) is 1. The zero-order chi connectivity index (χ0) is 13.9. The average Bonchev–Trinajstić information content (AvgIpc) is 2.51. The Kier molecular flexibility index (Phi) is 4.25. The minimum Gasteiger partial charge on any atom is -0.478 e. The van der Waals surface area contributed by atoms with Gasteiger partial charge in [0.25, 0.3) is 0 Å². The van der Waals surface area contributed by atoms with Crippen molar-refractivity contribution in [3.05, 3.63) is 35.4 Å².